The van der Waals surface area contributed by atoms with E-state index in [0.29, 0.717) is 26.2 Å². The minimum Gasteiger partial charge on any atom is -0.367 e. The quantitative estimate of drug-likeness (QED) is 0.472. The number of halogens is 1. The van der Waals surface area contributed by atoms with Crippen LogP contribution in [0.15, 0.2) is 54.6 Å². The third-order valence-electron chi connectivity index (χ3n) is 4.70. The van der Waals surface area contributed by atoms with Crippen LogP contribution in [0.1, 0.15) is 11.1 Å². The molecule has 0 aliphatic carbocycles. The highest BCUT2D eigenvalue weighted by molar-refractivity contribution is 5.92. The molecule has 3 rings (SSSR count). The Morgan fingerprint density at radius 2 is 1.71 bits per heavy atom. The van der Waals surface area contributed by atoms with Gasteiger partial charge in [0.1, 0.15) is 5.82 Å². The van der Waals surface area contributed by atoms with E-state index < -0.39 is 5.91 Å². The van der Waals surface area contributed by atoms with Gasteiger partial charge in [-0.25, -0.2) is 9.87 Å². The second-order valence-corrected chi connectivity index (χ2v) is 6.54. The van der Waals surface area contributed by atoms with E-state index in [0.717, 1.165) is 16.8 Å². The van der Waals surface area contributed by atoms with Gasteiger partial charge in [-0.05, 0) is 35.4 Å². The maximum atomic E-state index is 13.0. The molecule has 146 valence electrons. The summed E-state index contributed by atoms with van der Waals surface area (Å²) in [6.45, 7) is 2.53. The first-order chi connectivity index (χ1) is 13.6. The van der Waals surface area contributed by atoms with Crippen LogP contribution < -0.4 is 10.4 Å². The van der Waals surface area contributed by atoms with Gasteiger partial charge in [-0.2, -0.15) is 0 Å². The standard InChI is InChI=1S/C21H22FN3O3/c22-18-8-5-16(6-9-18)15-21(27)25-13-11-24(12-14-25)19-4-2-1-3-17(19)7-10-20(26)23-28/h1-10,28H,11-15H2,(H,23,26). The first-order valence-corrected chi connectivity index (χ1v) is 9.05. The van der Waals surface area contributed by atoms with Gasteiger partial charge >= 0.3 is 0 Å². The van der Waals surface area contributed by atoms with Gasteiger partial charge in [0, 0.05) is 37.9 Å². The molecule has 1 aliphatic rings. The van der Waals surface area contributed by atoms with Gasteiger partial charge in [0.25, 0.3) is 5.91 Å². The third kappa shape index (κ3) is 4.95. The predicted molar refractivity (Wildman–Crippen MR) is 104 cm³/mol. The Bertz CT molecular complexity index is 859. The molecule has 28 heavy (non-hydrogen) atoms. The highest BCUT2D eigenvalue weighted by Crippen LogP contribution is 2.23. The molecule has 1 heterocycles. The molecule has 2 amide bonds. The van der Waals surface area contributed by atoms with Crippen molar-refractivity contribution in [2.24, 2.45) is 0 Å². The van der Waals surface area contributed by atoms with Crippen molar-refractivity contribution in [3.05, 3.63) is 71.6 Å². The Morgan fingerprint density at radius 3 is 2.39 bits per heavy atom. The molecular weight excluding hydrogens is 361 g/mol. The molecule has 1 fully saturated rings. The fraction of sp³-hybridized carbons (Fsp3) is 0.238. The predicted octanol–water partition coefficient (Wildman–Crippen LogP) is 2.24. The zero-order valence-corrected chi connectivity index (χ0v) is 15.3. The van der Waals surface area contributed by atoms with Gasteiger partial charge in [0.15, 0.2) is 0 Å². The van der Waals surface area contributed by atoms with Gasteiger partial charge in [-0.1, -0.05) is 30.3 Å². The lowest BCUT2D eigenvalue weighted by Gasteiger charge is -2.37. The number of nitrogens with one attached hydrogen (secondary N) is 1. The number of hydrogen-bond donors (Lipinski definition) is 2. The van der Waals surface area contributed by atoms with E-state index in [1.54, 1.807) is 23.7 Å². The average molecular weight is 383 g/mol. The number of carbonyl (C=O) groups is 2. The van der Waals surface area contributed by atoms with Crippen LogP contribution in [0.25, 0.3) is 6.08 Å². The maximum absolute atomic E-state index is 13.0. The summed E-state index contributed by atoms with van der Waals surface area (Å²) in [5.41, 5.74) is 4.20. The smallest absolute Gasteiger partial charge is 0.267 e. The minimum atomic E-state index is -0.592. The number of hydrogen-bond acceptors (Lipinski definition) is 4. The molecule has 1 saturated heterocycles. The first-order valence-electron chi connectivity index (χ1n) is 9.05. The largest absolute Gasteiger partial charge is 0.367 e. The topological polar surface area (TPSA) is 72.9 Å². The Morgan fingerprint density at radius 1 is 1.04 bits per heavy atom. The normalized spacial score (nSPS) is 14.4. The minimum absolute atomic E-state index is 0.0269. The first kappa shape index (κ1) is 19.6. The molecule has 0 radical (unpaired) electrons. The molecule has 6 nitrogen and oxygen atoms in total. The lowest BCUT2D eigenvalue weighted by atomic mass is 10.1. The second kappa shape index (κ2) is 9.14. The van der Waals surface area contributed by atoms with Gasteiger partial charge in [-0.3, -0.25) is 14.8 Å². The Labute approximate surface area is 162 Å². The molecule has 2 N–H and O–H groups in total. The van der Waals surface area contributed by atoms with Crippen molar-refractivity contribution >= 4 is 23.6 Å². The summed E-state index contributed by atoms with van der Waals surface area (Å²) in [7, 11) is 0. The summed E-state index contributed by atoms with van der Waals surface area (Å²) in [4.78, 5) is 27.7. The number of amides is 2. The summed E-state index contributed by atoms with van der Waals surface area (Å²) in [5, 5.41) is 8.61. The molecule has 7 heteroatoms. The van der Waals surface area contributed by atoms with E-state index in [9.17, 15) is 14.0 Å². The Kier molecular flexibility index (Phi) is 6.39. The van der Waals surface area contributed by atoms with Crippen molar-refractivity contribution < 1.29 is 19.2 Å². The van der Waals surface area contributed by atoms with Crippen LogP contribution >= 0.6 is 0 Å². The molecule has 0 saturated carbocycles. The van der Waals surface area contributed by atoms with Crippen molar-refractivity contribution in [3.8, 4) is 0 Å². The monoisotopic (exact) mass is 383 g/mol. The number of rotatable bonds is 5. The van der Waals surface area contributed by atoms with Crippen LogP contribution in [-0.2, 0) is 16.0 Å². The summed E-state index contributed by atoms with van der Waals surface area (Å²) in [6, 6.07) is 13.6. The van der Waals surface area contributed by atoms with E-state index >= 15 is 0 Å². The molecule has 2 aromatic carbocycles. The van der Waals surface area contributed by atoms with Crippen LogP contribution in [-0.4, -0.2) is 48.1 Å². The van der Waals surface area contributed by atoms with Crippen LogP contribution in [0.2, 0.25) is 0 Å². The lowest BCUT2D eigenvalue weighted by Crippen LogP contribution is -2.49. The van der Waals surface area contributed by atoms with Gasteiger partial charge in [0.2, 0.25) is 5.91 Å². The van der Waals surface area contributed by atoms with E-state index in [2.05, 4.69) is 4.90 Å². The van der Waals surface area contributed by atoms with Crippen molar-refractivity contribution in [2.75, 3.05) is 31.1 Å². The number of para-hydroxylation sites is 1. The lowest BCUT2D eigenvalue weighted by molar-refractivity contribution is -0.130. The molecular formula is C21H22FN3O3. The van der Waals surface area contributed by atoms with Crippen molar-refractivity contribution in [2.45, 2.75) is 6.42 Å². The third-order valence-corrected chi connectivity index (χ3v) is 4.70. The number of benzene rings is 2. The highest BCUT2D eigenvalue weighted by atomic mass is 19.1. The van der Waals surface area contributed by atoms with E-state index in [-0.39, 0.29) is 18.1 Å². The van der Waals surface area contributed by atoms with E-state index in [4.69, 9.17) is 5.21 Å². The summed E-state index contributed by atoms with van der Waals surface area (Å²) < 4.78 is 13.0. The number of piperazine rings is 1. The summed E-state index contributed by atoms with van der Waals surface area (Å²) in [5.74, 6) is -0.876. The molecule has 1 aliphatic heterocycles. The van der Waals surface area contributed by atoms with Crippen LogP contribution in [0.5, 0.6) is 0 Å². The molecule has 0 spiro atoms. The number of hydroxylamine groups is 1. The highest BCUT2D eigenvalue weighted by Gasteiger charge is 2.22. The van der Waals surface area contributed by atoms with Crippen LogP contribution in [0.3, 0.4) is 0 Å². The van der Waals surface area contributed by atoms with E-state index in [1.807, 2.05) is 29.2 Å². The fourth-order valence-corrected chi connectivity index (χ4v) is 3.20. The maximum Gasteiger partial charge on any atom is 0.267 e. The summed E-state index contributed by atoms with van der Waals surface area (Å²) in [6.07, 6.45) is 3.17. The fourth-order valence-electron chi connectivity index (χ4n) is 3.20. The second-order valence-electron chi connectivity index (χ2n) is 6.54. The molecule has 0 atom stereocenters. The van der Waals surface area contributed by atoms with Crippen LogP contribution in [0.4, 0.5) is 10.1 Å². The number of carbonyl (C=O) groups excluding carboxylic acids is 2. The number of anilines is 1. The molecule has 0 unspecified atom stereocenters. The van der Waals surface area contributed by atoms with Crippen molar-refractivity contribution in [1.82, 2.24) is 10.4 Å². The van der Waals surface area contributed by atoms with Gasteiger partial charge in [-0.15, -0.1) is 0 Å². The molecule has 0 aromatic heterocycles. The number of nitrogens with zero attached hydrogens (tertiary/aromatic N) is 2. The van der Waals surface area contributed by atoms with Gasteiger partial charge in [0.05, 0.1) is 6.42 Å². The van der Waals surface area contributed by atoms with Gasteiger partial charge < -0.3 is 9.80 Å². The Balaban J connectivity index is 1.61. The SMILES string of the molecule is O=C(C=Cc1ccccc1N1CCN(C(=O)Cc2ccc(F)cc2)CC1)NO. The zero-order chi connectivity index (χ0) is 19.9. The van der Waals surface area contributed by atoms with Crippen molar-refractivity contribution in [1.29, 1.82) is 0 Å². The Hall–Kier alpha value is -3.19. The van der Waals surface area contributed by atoms with Crippen molar-refractivity contribution in [3.63, 3.8) is 0 Å². The van der Waals surface area contributed by atoms with E-state index in [1.165, 1.54) is 18.2 Å². The summed E-state index contributed by atoms with van der Waals surface area (Å²) >= 11 is 0. The molecule has 0 bridgehead atoms. The zero-order valence-electron chi connectivity index (χ0n) is 15.3. The average Bonchev–Trinajstić information content (AvgIpc) is 2.74. The molecule has 2 aromatic rings. The van der Waals surface area contributed by atoms with Crippen LogP contribution in [0, 0.1) is 5.82 Å².